The van der Waals surface area contributed by atoms with Crippen molar-refractivity contribution in [2.24, 2.45) is 0 Å². The van der Waals surface area contributed by atoms with Crippen LogP contribution in [-0.4, -0.2) is 27.8 Å². The van der Waals surface area contributed by atoms with Crippen LogP contribution in [0.25, 0.3) is 11.4 Å². The number of aromatic nitrogens is 2. The summed E-state index contributed by atoms with van der Waals surface area (Å²) in [5, 5.41) is 16.5. The Bertz CT molecular complexity index is 506. The fourth-order valence-electron chi connectivity index (χ4n) is 1.71. The second-order valence-electron chi connectivity index (χ2n) is 4.77. The lowest BCUT2D eigenvalue weighted by molar-refractivity contribution is 0.374. The minimum atomic E-state index is 0.229. The first-order valence-corrected chi connectivity index (χ1v) is 6.50. The molecule has 0 bridgehead atoms. The van der Waals surface area contributed by atoms with Crippen LogP contribution in [0.3, 0.4) is 0 Å². The summed E-state index contributed by atoms with van der Waals surface area (Å²) in [7, 11) is 0. The zero-order chi connectivity index (χ0) is 13.7. The van der Waals surface area contributed by atoms with Gasteiger partial charge in [0.15, 0.2) is 0 Å². The molecule has 0 aliphatic rings. The van der Waals surface area contributed by atoms with Gasteiger partial charge < -0.3 is 14.9 Å². The molecule has 1 aromatic carbocycles. The molecule has 0 radical (unpaired) electrons. The lowest BCUT2D eigenvalue weighted by Crippen LogP contribution is -2.23. The first kappa shape index (κ1) is 13.5. The highest BCUT2D eigenvalue weighted by atomic mass is 16.5. The number of nitrogens with one attached hydrogen (secondary N) is 1. The van der Waals surface area contributed by atoms with E-state index in [0.717, 1.165) is 24.9 Å². The van der Waals surface area contributed by atoms with Crippen molar-refractivity contribution in [1.82, 2.24) is 15.5 Å². The average molecular weight is 261 g/mol. The van der Waals surface area contributed by atoms with Crippen molar-refractivity contribution in [3.05, 3.63) is 30.2 Å². The van der Waals surface area contributed by atoms with Crippen LogP contribution in [0.5, 0.6) is 5.75 Å². The molecule has 0 unspecified atom stereocenters. The van der Waals surface area contributed by atoms with E-state index >= 15 is 0 Å². The molecule has 0 atom stereocenters. The van der Waals surface area contributed by atoms with Crippen molar-refractivity contribution in [2.45, 2.75) is 32.7 Å². The molecule has 0 saturated heterocycles. The van der Waals surface area contributed by atoms with E-state index in [1.807, 2.05) is 0 Å². The molecular weight excluding hydrogens is 242 g/mol. The fraction of sp³-hybridized carbons (Fsp3) is 0.429. The molecule has 1 aromatic heterocycles. The molecule has 0 saturated carbocycles. The van der Waals surface area contributed by atoms with E-state index in [-0.39, 0.29) is 5.75 Å². The molecular formula is C14H19N3O2. The summed E-state index contributed by atoms with van der Waals surface area (Å²) >= 11 is 0. The third kappa shape index (κ3) is 4.06. The summed E-state index contributed by atoms with van der Waals surface area (Å²) in [4.78, 5) is 4.34. The van der Waals surface area contributed by atoms with Crippen LogP contribution in [0.4, 0.5) is 0 Å². The van der Waals surface area contributed by atoms with Gasteiger partial charge in [-0.3, -0.25) is 0 Å². The van der Waals surface area contributed by atoms with Gasteiger partial charge in [-0.25, -0.2) is 0 Å². The van der Waals surface area contributed by atoms with Gasteiger partial charge >= 0.3 is 0 Å². The van der Waals surface area contributed by atoms with Gasteiger partial charge in [-0.1, -0.05) is 19.0 Å². The number of aryl methyl sites for hydroxylation is 1. The smallest absolute Gasteiger partial charge is 0.227 e. The lowest BCUT2D eigenvalue weighted by Gasteiger charge is -2.05. The van der Waals surface area contributed by atoms with Crippen molar-refractivity contribution in [1.29, 1.82) is 0 Å². The summed E-state index contributed by atoms with van der Waals surface area (Å²) in [6.07, 6.45) is 1.74. The highest BCUT2D eigenvalue weighted by Crippen LogP contribution is 2.19. The predicted octanol–water partition coefficient (Wildman–Crippen LogP) is 2.37. The van der Waals surface area contributed by atoms with Gasteiger partial charge in [0, 0.05) is 18.0 Å². The minimum Gasteiger partial charge on any atom is -0.508 e. The van der Waals surface area contributed by atoms with Crippen LogP contribution in [0.15, 0.2) is 28.8 Å². The molecule has 19 heavy (non-hydrogen) atoms. The Morgan fingerprint density at radius 1 is 1.26 bits per heavy atom. The lowest BCUT2D eigenvalue weighted by atomic mass is 10.2. The maximum absolute atomic E-state index is 9.23. The van der Waals surface area contributed by atoms with Crippen LogP contribution in [-0.2, 0) is 6.42 Å². The van der Waals surface area contributed by atoms with E-state index < -0.39 is 0 Å². The number of benzene rings is 1. The van der Waals surface area contributed by atoms with Crippen molar-refractivity contribution in [2.75, 3.05) is 6.54 Å². The molecule has 2 rings (SSSR count). The molecule has 0 amide bonds. The Morgan fingerprint density at radius 2 is 2.00 bits per heavy atom. The van der Waals surface area contributed by atoms with Gasteiger partial charge in [-0.15, -0.1) is 0 Å². The third-order valence-corrected chi connectivity index (χ3v) is 2.71. The topological polar surface area (TPSA) is 71.2 Å². The maximum atomic E-state index is 9.23. The summed E-state index contributed by atoms with van der Waals surface area (Å²) in [5.74, 6) is 1.44. The summed E-state index contributed by atoms with van der Waals surface area (Å²) < 4.78 is 5.20. The van der Waals surface area contributed by atoms with Crippen LogP contribution < -0.4 is 5.32 Å². The first-order valence-electron chi connectivity index (χ1n) is 6.50. The fourth-order valence-corrected chi connectivity index (χ4v) is 1.71. The molecule has 0 aliphatic heterocycles. The van der Waals surface area contributed by atoms with Crippen molar-refractivity contribution in [3.63, 3.8) is 0 Å². The third-order valence-electron chi connectivity index (χ3n) is 2.71. The van der Waals surface area contributed by atoms with E-state index in [9.17, 15) is 5.11 Å². The SMILES string of the molecule is CC(C)NCCCc1nc(-c2ccc(O)cc2)no1. The molecule has 1 heterocycles. The minimum absolute atomic E-state index is 0.229. The summed E-state index contributed by atoms with van der Waals surface area (Å²) in [5.41, 5.74) is 0.841. The Balaban J connectivity index is 1.90. The van der Waals surface area contributed by atoms with Crippen molar-refractivity contribution >= 4 is 0 Å². The molecule has 102 valence electrons. The summed E-state index contributed by atoms with van der Waals surface area (Å²) in [6.45, 7) is 5.18. The number of nitrogens with zero attached hydrogens (tertiary/aromatic N) is 2. The van der Waals surface area contributed by atoms with Crippen molar-refractivity contribution < 1.29 is 9.63 Å². The number of phenolic OH excluding ortho intramolecular Hbond substituents is 1. The average Bonchev–Trinajstić information content (AvgIpc) is 2.84. The number of aromatic hydroxyl groups is 1. The Kier molecular flexibility index (Phi) is 4.52. The number of rotatable bonds is 6. The van der Waals surface area contributed by atoms with Crippen LogP contribution in [0, 0.1) is 0 Å². The first-order chi connectivity index (χ1) is 9.15. The van der Waals surface area contributed by atoms with E-state index in [2.05, 4.69) is 29.3 Å². The Morgan fingerprint density at radius 3 is 2.68 bits per heavy atom. The number of hydrogen-bond acceptors (Lipinski definition) is 5. The van der Waals surface area contributed by atoms with Gasteiger partial charge in [0.2, 0.25) is 11.7 Å². The molecule has 0 fully saturated rings. The largest absolute Gasteiger partial charge is 0.508 e. The standard InChI is InChI=1S/C14H19N3O2/c1-10(2)15-9-3-4-13-16-14(17-19-13)11-5-7-12(18)8-6-11/h5-8,10,15,18H,3-4,9H2,1-2H3. The van der Waals surface area contributed by atoms with Crippen LogP contribution in [0.2, 0.25) is 0 Å². The molecule has 5 heteroatoms. The van der Waals surface area contributed by atoms with Crippen molar-refractivity contribution in [3.8, 4) is 17.1 Å². The normalized spacial score (nSPS) is 11.1. The molecule has 0 aliphatic carbocycles. The van der Waals surface area contributed by atoms with E-state index in [1.54, 1.807) is 24.3 Å². The predicted molar refractivity (Wildman–Crippen MR) is 72.9 cm³/mol. The zero-order valence-electron chi connectivity index (χ0n) is 11.3. The Labute approximate surface area is 112 Å². The molecule has 0 spiro atoms. The van der Waals surface area contributed by atoms with Gasteiger partial charge in [0.1, 0.15) is 5.75 Å². The van der Waals surface area contributed by atoms with E-state index in [1.165, 1.54) is 0 Å². The second kappa shape index (κ2) is 6.33. The molecule has 5 nitrogen and oxygen atoms in total. The molecule has 2 N–H and O–H groups in total. The number of phenols is 1. The quantitative estimate of drug-likeness (QED) is 0.781. The van der Waals surface area contributed by atoms with Gasteiger partial charge in [-0.05, 0) is 37.2 Å². The van der Waals surface area contributed by atoms with E-state index in [0.29, 0.717) is 17.8 Å². The van der Waals surface area contributed by atoms with E-state index in [4.69, 9.17) is 4.52 Å². The highest BCUT2D eigenvalue weighted by molar-refractivity contribution is 5.55. The number of hydrogen-bond donors (Lipinski definition) is 2. The van der Waals surface area contributed by atoms with Crippen LogP contribution >= 0.6 is 0 Å². The second-order valence-corrected chi connectivity index (χ2v) is 4.77. The monoisotopic (exact) mass is 261 g/mol. The van der Waals surface area contributed by atoms with Gasteiger partial charge in [-0.2, -0.15) is 4.98 Å². The van der Waals surface area contributed by atoms with Gasteiger partial charge in [0.25, 0.3) is 0 Å². The summed E-state index contributed by atoms with van der Waals surface area (Å²) in [6, 6.07) is 7.25. The Hall–Kier alpha value is -1.88. The van der Waals surface area contributed by atoms with Crippen LogP contribution in [0.1, 0.15) is 26.2 Å². The zero-order valence-corrected chi connectivity index (χ0v) is 11.3. The maximum Gasteiger partial charge on any atom is 0.227 e. The van der Waals surface area contributed by atoms with Gasteiger partial charge in [0.05, 0.1) is 0 Å². The highest BCUT2D eigenvalue weighted by Gasteiger charge is 2.08. The molecule has 2 aromatic rings.